The van der Waals surface area contributed by atoms with E-state index < -0.39 is 0 Å². The zero-order valence-corrected chi connectivity index (χ0v) is 7.68. The van der Waals surface area contributed by atoms with E-state index in [1.807, 2.05) is 35.9 Å². The summed E-state index contributed by atoms with van der Waals surface area (Å²) in [6.45, 7) is 5.53. The van der Waals surface area contributed by atoms with E-state index in [1.54, 1.807) is 0 Å². The predicted molar refractivity (Wildman–Crippen MR) is 49.4 cm³/mol. The summed E-state index contributed by atoms with van der Waals surface area (Å²) in [6, 6.07) is 0. The van der Waals surface area contributed by atoms with Gasteiger partial charge in [0, 0.05) is 0 Å². The molecule has 10 heavy (non-hydrogen) atoms. The first-order valence-electron chi connectivity index (χ1n) is 2.79. The van der Waals surface area contributed by atoms with Crippen LogP contribution in [-0.2, 0) is 0 Å². The number of halogens is 1. The highest BCUT2D eigenvalue weighted by Crippen LogP contribution is 1.73. The van der Waals surface area contributed by atoms with E-state index in [9.17, 15) is 4.79 Å². The molecule has 1 aromatic rings. The van der Waals surface area contributed by atoms with E-state index in [0.29, 0.717) is 5.35 Å². The van der Waals surface area contributed by atoms with Crippen LogP contribution in [0, 0.1) is 0 Å². The highest BCUT2D eigenvalue weighted by atomic mass is 127. The largest absolute Gasteiger partial charge is 0.335 e. The maximum atomic E-state index is 10.9. The number of hydrogen-bond donors (Lipinski definition) is 1. The lowest BCUT2D eigenvalue weighted by Gasteiger charge is -1.79. The van der Waals surface area contributed by atoms with Gasteiger partial charge in [-0.05, 0) is 6.92 Å². The van der Waals surface area contributed by atoms with Crippen LogP contribution < -0.4 is 16.4 Å². The molecule has 54 valence electrons. The summed E-state index contributed by atoms with van der Waals surface area (Å²) in [5.41, 5.74) is -0.126. The minimum Gasteiger partial charge on any atom is -0.305 e. The SMILES string of the molecule is C=c1[nH]c(=O)n(I)/c1=C/C. The third-order valence-corrected chi connectivity index (χ3v) is 2.19. The zero-order chi connectivity index (χ0) is 7.72. The molecule has 0 unspecified atom stereocenters. The molecule has 1 rings (SSSR count). The average molecular weight is 250 g/mol. The van der Waals surface area contributed by atoms with Crippen molar-refractivity contribution in [2.75, 3.05) is 0 Å². The first kappa shape index (κ1) is 7.59. The van der Waals surface area contributed by atoms with Crippen LogP contribution in [0.3, 0.4) is 0 Å². The van der Waals surface area contributed by atoms with Crippen molar-refractivity contribution in [3.05, 3.63) is 21.2 Å². The summed E-state index contributed by atoms with van der Waals surface area (Å²) < 4.78 is 1.50. The van der Waals surface area contributed by atoms with Crippen molar-refractivity contribution in [3.8, 4) is 0 Å². The Morgan fingerprint density at radius 2 is 2.40 bits per heavy atom. The molecule has 0 saturated carbocycles. The summed E-state index contributed by atoms with van der Waals surface area (Å²) in [4.78, 5) is 13.4. The number of aromatic amines is 1. The fraction of sp³-hybridized carbons (Fsp3) is 0.167. The Bertz CT molecular complexity index is 387. The smallest absolute Gasteiger partial charge is 0.305 e. The molecule has 4 heteroatoms. The zero-order valence-electron chi connectivity index (χ0n) is 5.52. The normalized spacial score (nSPS) is 12.4. The molecule has 0 aliphatic carbocycles. The summed E-state index contributed by atoms with van der Waals surface area (Å²) in [6.07, 6.45) is 1.84. The number of H-pyrrole nitrogens is 1. The molecule has 0 spiro atoms. The molecule has 0 bridgehead atoms. The molecular weight excluding hydrogens is 243 g/mol. The van der Waals surface area contributed by atoms with Crippen LogP contribution >= 0.6 is 22.9 Å². The van der Waals surface area contributed by atoms with Crippen molar-refractivity contribution in [1.29, 1.82) is 0 Å². The Kier molecular flexibility index (Phi) is 1.98. The molecule has 0 aromatic carbocycles. The number of nitrogens with one attached hydrogen (secondary N) is 1. The third-order valence-electron chi connectivity index (χ3n) is 1.23. The highest BCUT2D eigenvalue weighted by Gasteiger charge is 1.93. The van der Waals surface area contributed by atoms with Crippen LogP contribution in [0.2, 0.25) is 0 Å². The van der Waals surface area contributed by atoms with Crippen molar-refractivity contribution < 1.29 is 0 Å². The lowest BCUT2D eigenvalue weighted by molar-refractivity contribution is 1.14. The van der Waals surface area contributed by atoms with Gasteiger partial charge in [-0.25, -0.2) is 7.58 Å². The molecule has 0 atom stereocenters. The molecule has 0 aliphatic rings. The van der Waals surface area contributed by atoms with Gasteiger partial charge in [0.05, 0.1) is 33.6 Å². The molecular formula is C6H7IN2O. The van der Waals surface area contributed by atoms with Crippen LogP contribution in [0.4, 0.5) is 0 Å². The Labute approximate surface area is 71.6 Å². The molecule has 0 aliphatic heterocycles. The summed E-state index contributed by atoms with van der Waals surface area (Å²) in [5.74, 6) is 0. The second kappa shape index (κ2) is 2.61. The average Bonchev–Trinajstić information content (AvgIpc) is 2.09. The topological polar surface area (TPSA) is 37.8 Å². The fourth-order valence-electron chi connectivity index (χ4n) is 0.758. The van der Waals surface area contributed by atoms with E-state index in [0.717, 1.165) is 5.35 Å². The van der Waals surface area contributed by atoms with Gasteiger partial charge in [-0.2, -0.15) is 0 Å². The predicted octanol–water partition coefficient (Wildman–Crippen LogP) is -0.415. The van der Waals surface area contributed by atoms with Gasteiger partial charge in [0.25, 0.3) is 0 Å². The molecule has 0 fully saturated rings. The second-order valence-corrected chi connectivity index (χ2v) is 2.83. The summed E-state index contributed by atoms with van der Waals surface area (Å²) in [7, 11) is 0. The lowest BCUT2D eigenvalue weighted by atomic mass is 10.5. The van der Waals surface area contributed by atoms with Crippen LogP contribution in [0.15, 0.2) is 4.79 Å². The molecule has 0 saturated heterocycles. The third kappa shape index (κ3) is 1.03. The number of nitrogens with zero attached hydrogens (tertiary/aromatic N) is 1. The summed E-state index contributed by atoms with van der Waals surface area (Å²) >= 11 is 1.93. The van der Waals surface area contributed by atoms with Crippen LogP contribution in [-0.4, -0.2) is 7.76 Å². The Hall–Kier alpha value is -0.520. The van der Waals surface area contributed by atoms with Gasteiger partial charge in [0.15, 0.2) is 0 Å². The molecule has 0 radical (unpaired) electrons. The van der Waals surface area contributed by atoms with Crippen molar-refractivity contribution in [2.45, 2.75) is 6.92 Å². The second-order valence-electron chi connectivity index (χ2n) is 1.86. The van der Waals surface area contributed by atoms with Gasteiger partial charge < -0.3 is 4.98 Å². The number of hydrogen-bond acceptors (Lipinski definition) is 1. The van der Waals surface area contributed by atoms with E-state index >= 15 is 0 Å². The van der Waals surface area contributed by atoms with E-state index in [2.05, 4.69) is 11.6 Å². The van der Waals surface area contributed by atoms with Gasteiger partial charge in [-0.3, -0.25) is 0 Å². The Balaban J connectivity index is 3.84. The first-order chi connectivity index (χ1) is 4.66. The minimum atomic E-state index is -0.126. The van der Waals surface area contributed by atoms with Gasteiger partial charge in [0.2, 0.25) is 0 Å². The highest BCUT2D eigenvalue weighted by molar-refractivity contribution is 14.1. The molecule has 0 amide bonds. The number of imidazole rings is 1. The van der Waals surface area contributed by atoms with E-state index in [4.69, 9.17) is 0 Å². The van der Waals surface area contributed by atoms with E-state index in [1.165, 1.54) is 2.78 Å². The Morgan fingerprint density at radius 1 is 1.80 bits per heavy atom. The maximum Gasteiger partial charge on any atom is 0.335 e. The molecule has 3 nitrogen and oxygen atoms in total. The number of rotatable bonds is 0. The van der Waals surface area contributed by atoms with Crippen molar-refractivity contribution >= 4 is 35.5 Å². The first-order valence-corrected chi connectivity index (χ1v) is 3.75. The van der Waals surface area contributed by atoms with E-state index in [-0.39, 0.29) is 5.69 Å². The van der Waals surface area contributed by atoms with Crippen LogP contribution in [0.25, 0.3) is 12.7 Å². The van der Waals surface area contributed by atoms with Gasteiger partial charge in [-0.15, -0.1) is 0 Å². The van der Waals surface area contributed by atoms with Gasteiger partial charge >= 0.3 is 5.69 Å². The molecule has 1 aromatic heterocycles. The van der Waals surface area contributed by atoms with Crippen LogP contribution in [0.1, 0.15) is 6.92 Å². The quantitative estimate of drug-likeness (QED) is 0.624. The minimum absolute atomic E-state index is 0.126. The Morgan fingerprint density at radius 3 is 2.60 bits per heavy atom. The standard InChI is InChI=1S/C6H7IN2O/c1-3-5-4(2)8-6(10)9(5)7/h3H,2H2,1H3,(H,8,10)/b5-3+. The monoisotopic (exact) mass is 250 g/mol. The van der Waals surface area contributed by atoms with Crippen molar-refractivity contribution in [2.24, 2.45) is 0 Å². The maximum absolute atomic E-state index is 10.9. The van der Waals surface area contributed by atoms with Gasteiger partial charge in [0.1, 0.15) is 0 Å². The lowest BCUT2D eigenvalue weighted by Crippen LogP contribution is -2.25. The van der Waals surface area contributed by atoms with Crippen molar-refractivity contribution in [3.63, 3.8) is 0 Å². The van der Waals surface area contributed by atoms with Crippen molar-refractivity contribution in [1.82, 2.24) is 7.76 Å². The van der Waals surface area contributed by atoms with Crippen LogP contribution in [0.5, 0.6) is 0 Å². The fourth-order valence-corrected chi connectivity index (χ4v) is 1.45. The van der Waals surface area contributed by atoms with Gasteiger partial charge in [-0.1, -0.05) is 12.7 Å². The number of aromatic nitrogens is 2. The summed E-state index contributed by atoms with van der Waals surface area (Å²) in [5, 5.41) is 1.51. The molecule has 1 N–H and O–H groups in total. The molecule has 1 heterocycles.